The van der Waals surface area contributed by atoms with E-state index >= 15 is 0 Å². The SMILES string of the molecule is Clc1ccc(Br)c(-c2nnc(CBr)n2C2CC2)c1. The molecule has 0 amide bonds. The molecule has 18 heavy (non-hydrogen) atoms. The van der Waals surface area contributed by atoms with Gasteiger partial charge in [-0.25, -0.2) is 0 Å². The lowest BCUT2D eigenvalue weighted by Crippen LogP contribution is -2.02. The van der Waals surface area contributed by atoms with E-state index in [9.17, 15) is 0 Å². The Morgan fingerprint density at radius 1 is 1.33 bits per heavy atom. The number of alkyl halides is 1. The topological polar surface area (TPSA) is 30.7 Å². The van der Waals surface area contributed by atoms with Crippen LogP contribution in [0.3, 0.4) is 0 Å². The van der Waals surface area contributed by atoms with Crippen LogP contribution in [-0.4, -0.2) is 14.8 Å². The van der Waals surface area contributed by atoms with Gasteiger partial charge >= 0.3 is 0 Å². The predicted molar refractivity (Wildman–Crippen MR) is 79.1 cm³/mol. The van der Waals surface area contributed by atoms with E-state index in [1.165, 1.54) is 12.8 Å². The van der Waals surface area contributed by atoms with Crippen molar-refractivity contribution >= 4 is 43.5 Å². The number of nitrogens with zero attached hydrogens (tertiary/aromatic N) is 3. The molecule has 1 aliphatic carbocycles. The molecule has 0 unspecified atom stereocenters. The molecule has 1 aromatic heterocycles. The highest BCUT2D eigenvalue weighted by molar-refractivity contribution is 9.10. The number of hydrogen-bond donors (Lipinski definition) is 0. The summed E-state index contributed by atoms with van der Waals surface area (Å²) in [5.74, 6) is 1.86. The van der Waals surface area contributed by atoms with Crippen LogP contribution in [0.25, 0.3) is 11.4 Å². The van der Waals surface area contributed by atoms with Crippen LogP contribution in [0.4, 0.5) is 0 Å². The summed E-state index contributed by atoms with van der Waals surface area (Å²) in [5, 5.41) is 9.98. The van der Waals surface area contributed by atoms with Crippen LogP contribution in [-0.2, 0) is 5.33 Å². The molecule has 94 valence electrons. The highest BCUT2D eigenvalue weighted by Crippen LogP contribution is 2.41. The van der Waals surface area contributed by atoms with Crippen molar-refractivity contribution < 1.29 is 0 Å². The molecule has 1 heterocycles. The van der Waals surface area contributed by atoms with E-state index in [0.29, 0.717) is 16.4 Å². The summed E-state index contributed by atoms with van der Waals surface area (Å²) in [6.45, 7) is 0. The molecule has 0 N–H and O–H groups in total. The first kappa shape index (κ1) is 12.6. The Balaban J connectivity index is 2.16. The average molecular weight is 391 g/mol. The zero-order valence-electron chi connectivity index (χ0n) is 9.41. The van der Waals surface area contributed by atoms with Crippen LogP contribution >= 0.6 is 43.5 Å². The van der Waals surface area contributed by atoms with Crippen molar-refractivity contribution in [3.63, 3.8) is 0 Å². The van der Waals surface area contributed by atoms with Gasteiger partial charge in [0, 0.05) is 21.1 Å². The van der Waals surface area contributed by atoms with E-state index in [1.807, 2.05) is 18.2 Å². The summed E-state index contributed by atoms with van der Waals surface area (Å²) < 4.78 is 3.20. The molecule has 6 heteroatoms. The van der Waals surface area contributed by atoms with Crippen molar-refractivity contribution in [2.75, 3.05) is 0 Å². The zero-order chi connectivity index (χ0) is 12.7. The molecular weight excluding hydrogens is 381 g/mol. The quantitative estimate of drug-likeness (QED) is 0.717. The van der Waals surface area contributed by atoms with Gasteiger partial charge in [0.05, 0.1) is 5.33 Å². The third-order valence-corrected chi connectivity index (χ3v) is 4.40. The molecule has 0 aliphatic heterocycles. The molecule has 0 saturated heterocycles. The van der Waals surface area contributed by atoms with Gasteiger partial charge in [-0.3, -0.25) is 0 Å². The Labute approximate surface area is 127 Å². The minimum Gasteiger partial charge on any atom is -0.307 e. The number of aromatic nitrogens is 3. The fourth-order valence-corrected chi connectivity index (χ4v) is 2.96. The molecule has 0 bridgehead atoms. The monoisotopic (exact) mass is 389 g/mol. The lowest BCUT2D eigenvalue weighted by molar-refractivity contribution is 0.714. The van der Waals surface area contributed by atoms with E-state index in [2.05, 4.69) is 46.6 Å². The maximum absolute atomic E-state index is 6.07. The molecule has 1 aliphatic rings. The minimum absolute atomic E-state index is 0.536. The predicted octanol–water partition coefficient (Wildman–Crippen LogP) is 4.59. The van der Waals surface area contributed by atoms with E-state index in [-0.39, 0.29) is 0 Å². The van der Waals surface area contributed by atoms with Crippen molar-refractivity contribution in [1.29, 1.82) is 0 Å². The average Bonchev–Trinajstić information content (AvgIpc) is 3.12. The van der Waals surface area contributed by atoms with Gasteiger partial charge in [0.1, 0.15) is 5.82 Å². The van der Waals surface area contributed by atoms with Crippen molar-refractivity contribution in [1.82, 2.24) is 14.8 Å². The summed E-state index contributed by atoms with van der Waals surface area (Å²) >= 11 is 13.1. The Hall–Kier alpha value is -0.390. The summed E-state index contributed by atoms with van der Waals surface area (Å²) in [7, 11) is 0. The zero-order valence-corrected chi connectivity index (χ0v) is 13.3. The molecular formula is C12H10Br2ClN3. The maximum atomic E-state index is 6.07. The fourth-order valence-electron chi connectivity index (χ4n) is 1.98. The molecule has 0 radical (unpaired) electrons. The minimum atomic E-state index is 0.536. The molecule has 0 spiro atoms. The fraction of sp³-hybridized carbons (Fsp3) is 0.333. The van der Waals surface area contributed by atoms with Crippen molar-refractivity contribution in [3.8, 4) is 11.4 Å². The second-order valence-electron chi connectivity index (χ2n) is 4.30. The second-order valence-corrected chi connectivity index (χ2v) is 6.15. The molecule has 1 saturated carbocycles. The summed E-state index contributed by atoms with van der Waals surface area (Å²) in [4.78, 5) is 0. The lowest BCUT2D eigenvalue weighted by Gasteiger charge is -2.09. The third kappa shape index (κ3) is 2.24. The highest BCUT2D eigenvalue weighted by Gasteiger charge is 2.30. The standard InChI is InChI=1S/C12H10Br2ClN3/c13-6-11-16-17-12(18(11)8-2-3-8)9-5-7(15)1-4-10(9)14/h1,4-5,8H,2-3,6H2. The Morgan fingerprint density at radius 2 is 2.11 bits per heavy atom. The van der Waals surface area contributed by atoms with Gasteiger partial charge in [-0.05, 0) is 31.0 Å². The van der Waals surface area contributed by atoms with Gasteiger partial charge in [-0.15, -0.1) is 10.2 Å². The molecule has 0 atom stereocenters. The van der Waals surface area contributed by atoms with Crippen molar-refractivity contribution in [3.05, 3.63) is 33.5 Å². The molecule has 3 rings (SSSR count). The third-order valence-electron chi connectivity index (χ3n) is 2.97. The largest absolute Gasteiger partial charge is 0.307 e. The summed E-state index contributed by atoms with van der Waals surface area (Å²) in [6.07, 6.45) is 2.40. The van der Waals surface area contributed by atoms with E-state index in [4.69, 9.17) is 11.6 Å². The first-order chi connectivity index (χ1) is 8.70. The van der Waals surface area contributed by atoms with Gasteiger partial charge in [0.15, 0.2) is 5.82 Å². The Kier molecular flexibility index (Phi) is 3.47. The van der Waals surface area contributed by atoms with Crippen LogP contribution in [0.1, 0.15) is 24.7 Å². The summed E-state index contributed by atoms with van der Waals surface area (Å²) in [5.41, 5.74) is 0.995. The van der Waals surface area contributed by atoms with Gasteiger partial charge in [0.2, 0.25) is 0 Å². The van der Waals surface area contributed by atoms with Gasteiger partial charge in [0.25, 0.3) is 0 Å². The first-order valence-electron chi connectivity index (χ1n) is 5.66. The highest BCUT2D eigenvalue weighted by atomic mass is 79.9. The van der Waals surface area contributed by atoms with Gasteiger partial charge in [-0.1, -0.05) is 43.5 Å². The van der Waals surface area contributed by atoms with E-state index in [1.54, 1.807) is 0 Å². The number of benzene rings is 1. The van der Waals surface area contributed by atoms with Crippen molar-refractivity contribution in [2.45, 2.75) is 24.2 Å². The first-order valence-corrected chi connectivity index (χ1v) is 7.95. The van der Waals surface area contributed by atoms with E-state index in [0.717, 1.165) is 21.7 Å². The second kappa shape index (κ2) is 4.94. The molecule has 1 fully saturated rings. The summed E-state index contributed by atoms with van der Waals surface area (Å²) in [6, 6.07) is 6.26. The van der Waals surface area contributed by atoms with Crippen LogP contribution in [0.15, 0.2) is 22.7 Å². The van der Waals surface area contributed by atoms with Gasteiger partial charge < -0.3 is 4.57 Å². The number of rotatable bonds is 3. The van der Waals surface area contributed by atoms with Crippen LogP contribution < -0.4 is 0 Å². The van der Waals surface area contributed by atoms with Gasteiger partial charge in [-0.2, -0.15) is 0 Å². The molecule has 2 aromatic rings. The van der Waals surface area contributed by atoms with Crippen molar-refractivity contribution in [2.24, 2.45) is 0 Å². The lowest BCUT2D eigenvalue weighted by atomic mass is 10.2. The molecule has 1 aromatic carbocycles. The normalized spacial score (nSPS) is 15.1. The number of hydrogen-bond acceptors (Lipinski definition) is 2. The number of halogens is 3. The Morgan fingerprint density at radius 3 is 2.78 bits per heavy atom. The van der Waals surface area contributed by atoms with Crippen LogP contribution in [0, 0.1) is 0 Å². The smallest absolute Gasteiger partial charge is 0.165 e. The van der Waals surface area contributed by atoms with E-state index < -0.39 is 0 Å². The van der Waals surface area contributed by atoms with Crippen LogP contribution in [0.2, 0.25) is 5.02 Å². The Bertz CT molecular complexity index is 593. The maximum Gasteiger partial charge on any atom is 0.165 e. The van der Waals surface area contributed by atoms with Crippen LogP contribution in [0.5, 0.6) is 0 Å². The molecule has 3 nitrogen and oxygen atoms in total.